The van der Waals surface area contributed by atoms with Crippen molar-refractivity contribution in [3.63, 3.8) is 0 Å². The standard InChI is InChI=1S/C15H23N3/c1-4-12-7-6-11(3)18(12)14-8-5-10(2)9-13(14)15(16)17/h5,8-9,11-12H,4,6-7H2,1-3H3,(H3,16,17). The van der Waals surface area contributed by atoms with E-state index < -0.39 is 0 Å². The van der Waals surface area contributed by atoms with Crippen LogP contribution in [0.25, 0.3) is 0 Å². The lowest BCUT2D eigenvalue weighted by Gasteiger charge is -2.32. The van der Waals surface area contributed by atoms with E-state index in [1.54, 1.807) is 0 Å². The van der Waals surface area contributed by atoms with Crippen molar-refractivity contribution in [1.82, 2.24) is 0 Å². The Balaban J connectivity index is 2.46. The first-order valence-electron chi connectivity index (χ1n) is 6.78. The predicted molar refractivity (Wildman–Crippen MR) is 77.4 cm³/mol. The zero-order valence-electron chi connectivity index (χ0n) is 11.5. The first-order valence-corrected chi connectivity index (χ1v) is 6.78. The maximum absolute atomic E-state index is 7.78. The van der Waals surface area contributed by atoms with Crippen molar-refractivity contribution in [2.45, 2.75) is 52.1 Å². The Bertz CT molecular complexity index is 453. The van der Waals surface area contributed by atoms with Gasteiger partial charge < -0.3 is 10.6 Å². The van der Waals surface area contributed by atoms with Crippen LogP contribution in [0.3, 0.4) is 0 Å². The van der Waals surface area contributed by atoms with Crippen LogP contribution >= 0.6 is 0 Å². The number of nitrogens with two attached hydrogens (primary N) is 1. The van der Waals surface area contributed by atoms with Crippen molar-refractivity contribution >= 4 is 11.5 Å². The van der Waals surface area contributed by atoms with E-state index >= 15 is 0 Å². The summed E-state index contributed by atoms with van der Waals surface area (Å²) in [5.74, 6) is 0.169. The SMILES string of the molecule is CCC1CCC(C)N1c1ccc(C)cc1C(=N)N. The molecule has 0 radical (unpaired) electrons. The average molecular weight is 245 g/mol. The van der Waals surface area contributed by atoms with Crippen LogP contribution in [0.4, 0.5) is 5.69 Å². The minimum absolute atomic E-state index is 0.169. The van der Waals surface area contributed by atoms with Gasteiger partial charge >= 0.3 is 0 Å². The van der Waals surface area contributed by atoms with E-state index in [0.29, 0.717) is 12.1 Å². The van der Waals surface area contributed by atoms with Gasteiger partial charge in [-0.15, -0.1) is 0 Å². The number of rotatable bonds is 3. The second kappa shape index (κ2) is 5.01. The Morgan fingerprint density at radius 2 is 2.17 bits per heavy atom. The summed E-state index contributed by atoms with van der Waals surface area (Å²) in [6, 6.07) is 7.38. The molecular formula is C15H23N3. The third-order valence-electron chi connectivity index (χ3n) is 3.98. The van der Waals surface area contributed by atoms with Crippen molar-refractivity contribution in [3.05, 3.63) is 29.3 Å². The fourth-order valence-electron chi connectivity index (χ4n) is 3.00. The van der Waals surface area contributed by atoms with E-state index in [1.165, 1.54) is 12.8 Å². The molecule has 0 amide bonds. The van der Waals surface area contributed by atoms with Crippen LogP contribution in [0.5, 0.6) is 0 Å². The molecule has 1 aliphatic rings. The molecule has 1 heterocycles. The lowest BCUT2D eigenvalue weighted by atomic mass is 10.1. The smallest absolute Gasteiger partial charge is 0.124 e. The second-order valence-corrected chi connectivity index (χ2v) is 5.33. The second-order valence-electron chi connectivity index (χ2n) is 5.33. The molecule has 2 unspecified atom stereocenters. The van der Waals surface area contributed by atoms with E-state index in [2.05, 4.69) is 30.9 Å². The number of hydrogen-bond donors (Lipinski definition) is 2. The van der Waals surface area contributed by atoms with Crippen molar-refractivity contribution in [2.75, 3.05) is 4.90 Å². The fourth-order valence-corrected chi connectivity index (χ4v) is 3.00. The maximum Gasteiger partial charge on any atom is 0.124 e. The molecule has 1 fully saturated rings. The Morgan fingerprint density at radius 3 is 2.78 bits per heavy atom. The van der Waals surface area contributed by atoms with Crippen LogP contribution in [0, 0.1) is 12.3 Å². The number of anilines is 1. The van der Waals surface area contributed by atoms with Crippen molar-refractivity contribution in [2.24, 2.45) is 5.73 Å². The minimum atomic E-state index is 0.169. The molecule has 2 atom stereocenters. The molecule has 0 saturated carbocycles. The number of aryl methyl sites for hydroxylation is 1. The number of nitrogen functional groups attached to an aromatic ring is 1. The van der Waals surface area contributed by atoms with Gasteiger partial charge in [-0.2, -0.15) is 0 Å². The van der Waals surface area contributed by atoms with Gasteiger partial charge in [-0.25, -0.2) is 0 Å². The molecule has 1 saturated heterocycles. The molecule has 0 spiro atoms. The van der Waals surface area contributed by atoms with Gasteiger partial charge in [-0.05, 0) is 45.2 Å². The molecule has 1 aromatic carbocycles. The molecular weight excluding hydrogens is 222 g/mol. The highest BCUT2D eigenvalue weighted by Gasteiger charge is 2.30. The Labute approximate surface area is 109 Å². The number of hydrogen-bond acceptors (Lipinski definition) is 2. The monoisotopic (exact) mass is 245 g/mol. The van der Waals surface area contributed by atoms with E-state index in [9.17, 15) is 0 Å². The Morgan fingerprint density at radius 1 is 1.44 bits per heavy atom. The predicted octanol–water partition coefficient (Wildman–Crippen LogP) is 3.05. The Kier molecular flexibility index (Phi) is 3.60. The summed E-state index contributed by atoms with van der Waals surface area (Å²) in [7, 11) is 0. The lowest BCUT2D eigenvalue weighted by molar-refractivity contribution is 0.627. The number of nitrogens with one attached hydrogen (secondary N) is 1. The summed E-state index contributed by atoms with van der Waals surface area (Å²) in [4.78, 5) is 2.45. The molecule has 2 rings (SSSR count). The summed E-state index contributed by atoms with van der Waals surface area (Å²) in [6.07, 6.45) is 3.61. The van der Waals surface area contributed by atoms with Gasteiger partial charge in [0.15, 0.2) is 0 Å². The third kappa shape index (κ3) is 2.22. The van der Waals surface area contributed by atoms with Gasteiger partial charge in [0.25, 0.3) is 0 Å². The van der Waals surface area contributed by atoms with Crippen LogP contribution in [0.1, 0.15) is 44.2 Å². The average Bonchev–Trinajstić information content (AvgIpc) is 2.70. The van der Waals surface area contributed by atoms with Gasteiger partial charge in [-0.1, -0.05) is 18.6 Å². The molecule has 0 bridgehead atoms. The van der Waals surface area contributed by atoms with E-state index in [-0.39, 0.29) is 5.84 Å². The molecule has 3 heteroatoms. The van der Waals surface area contributed by atoms with Crippen molar-refractivity contribution in [3.8, 4) is 0 Å². The number of amidine groups is 1. The van der Waals surface area contributed by atoms with E-state index in [4.69, 9.17) is 11.1 Å². The highest BCUT2D eigenvalue weighted by molar-refractivity contribution is 6.00. The number of nitrogens with zero attached hydrogens (tertiary/aromatic N) is 1. The molecule has 0 aromatic heterocycles. The van der Waals surface area contributed by atoms with Crippen LogP contribution in [0.2, 0.25) is 0 Å². The summed E-state index contributed by atoms with van der Waals surface area (Å²) >= 11 is 0. The molecule has 3 nitrogen and oxygen atoms in total. The summed E-state index contributed by atoms with van der Waals surface area (Å²) in [5, 5.41) is 7.78. The molecule has 3 N–H and O–H groups in total. The highest BCUT2D eigenvalue weighted by atomic mass is 15.2. The first kappa shape index (κ1) is 12.9. The van der Waals surface area contributed by atoms with Gasteiger partial charge in [0.1, 0.15) is 5.84 Å². The Hall–Kier alpha value is -1.51. The van der Waals surface area contributed by atoms with Crippen LogP contribution in [-0.4, -0.2) is 17.9 Å². The van der Waals surface area contributed by atoms with E-state index in [0.717, 1.165) is 23.2 Å². The summed E-state index contributed by atoms with van der Waals surface area (Å²) in [6.45, 7) is 6.54. The van der Waals surface area contributed by atoms with Crippen LogP contribution < -0.4 is 10.6 Å². The van der Waals surface area contributed by atoms with Gasteiger partial charge in [0, 0.05) is 23.3 Å². The minimum Gasteiger partial charge on any atom is -0.384 e. The topological polar surface area (TPSA) is 53.1 Å². The van der Waals surface area contributed by atoms with Gasteiger partial charge in [0.05, 0.1) is 0 Å². The van der Waals surface area contributed by atoms with Gasteiger partial charge in [0.2, 0.25) is 0 Å². The normalized spacial score (nSPS) is 23.4. The third-order valence-corrected chi connectivity index (χ3v) is 3.98. The maximum atomic E-state index is 7.78. The number of benzene rings is 1. The lowest BCUT2D eigenvalue weighted by Crippen LogP contribution is -2.35. The van der Waals surface area contributed by atoms with Crippen molar-refractivity contribution < 1.29 is 0 Å². The van der Waals surface area contributed by atoms with Crippen LogP contribution in [-0.2, 0) is 0 Å². The summed E-state index contributed by atoms with van der Waals surface area (Å²) in [5.41, 5.74) is 8.90. The zero-order valence-corrected chi connectivity index (χ0v) is 11.5. The molecule has 1 aromatic rings. The quantitative estimate of drug-likeness (QED) is 0.635. The first-order chi connectivity index (χ1) is 8.54. The molecule has 1 aliphatic heterocycles. The van der Waals surface area contributed by atoms with Gasteiger partial charge in [-0.3, -0.25) is 5.41 Å². The van der Waals surface area contributed by atoms with Crippen molar-refractivity contribution in [1.29, 1.82) is 5.41 Å². The van der Waals surface area contributed by atoms with E-state index in [1.807, 2.05) is 13.0 Å². The van der Waals surface area contributed by atoms with Crippen LogP contribution in [0.15, 0.2) is 18.2 Å². The molecule has 98 valence electrons. The highest BCUT2D eigenvalue weighted by Crippen LogP contribution is 2.34. The fraction of sp³-hybridized carbons (Fsp3) is 0.533. The summed E-state index contributed by atoms with van der Waals surface area (Å²) < 4.78 is 0. The zero-order chi connectivity index (χ0) is 13.3. The molecule has 0 aliphatic carbocycles. The molecule has 18 heavy (non-hydrogen) atoms. The largest absolute Gasteiger partial charge is 0.384 e.